The first-order valence-corrected chi connectivity index (χ1v) is 10.6. The monoisotopic (exact) mass is 368 g/mol. The summed E-state index contributed by atoms with van der Waals surface area (Å²) in [6.07, 6.45) is 5.48. The van der Waals surface area contributed by atoms with Crippen LogP contribution in [0.25, 0.3) is 0 Å². The van der Waals surface area contributed by atoms with E-state index < -0.39 is 19.4 Å². The van der Waals surface area contributed by atoms with E-state index in [0.29, 0.717) is 0 Å². The van der Waals surface area contributed by atoms with Crippen LogP contribution in [0.15, 0.2) is 0 Å². The van der Waals surface area contributed by atoms with Gasteiger partial charge >= 0.3 is 13.6 Å². The molecule has 0 spiro atoms. The van der Waals surface area contributed by atoms with Gasteiger partial charge in [0.2, 0.25) is 5.85 Å². The number of ether oxygens (including phenoxy) is 1. The minimum absolute atomic E-state index is 0.0204. The van der Waals surface area contributed by atoms with Crippen LogP contribution in [-0.4, -0.2) is 29.9 Å². The van der Waals surface area contributed by atoms with E-state index in [4.69, 9.17) is 25.4 Å². The molecule has 0 aromatic carbocycles. The molecule has 1 atom stereocenters. The number of hydrogen-bond donors (Lipinski definition) is 0. The predicted octanol–water partition coefficient (Wildman–Crippen LogP) is 5.11. The Morgan fingerprint density at radius 3 is 1.91 bits per heavy atom. The fourth-order valence-electron chi connectivity index (χ4n) is 2.91. The fraction of sp³-hybridized carbons (Fsp3) is 0.938. The van der Waals surface area contributed by atoms with Gasteiger partial charge in [-0.2, -0.15) is 0 Å². The smallest absolute Gasteiger partial charge is 0.371 e. The highest BCUT2D eigenvalue weighted by molar-refractivity contribution is 7.54. The molecule has 23 heavy (non-hydrogen) atoms. The number of rotatable bonds is 8. The van der Waals surface area contributed by atoms with E-state index in [2.05, 4.69) is 0 Å². The molecule has 136 valence electrons. The molecule has 0 aliphatic heterocycles. The summed E-state index contributed by atoms with van der Waals surface area (Å²) in [5.74, 6) is -1.75. The zero-order valence-corrected chi connectivity index (χ0v) is 16.3. The summed E-state index contributed by atoms with van der Waals surface area (Å²) < 4.78 is 30.2. The van der Waals surface area contributed by atoms with Crippen molar-refractivity contribution in [2.45, 2.75) is 84.3 Å². The number of carbonyl (C=O) groups excluding carboxylic acids is 1. The van der Waals surface area contributed by atoms with Crippen LogP contribution in [0.3, 0.4) is 0 Å². The van der Waals surface area contributed by atoms with E-state index in [1.165, 1.54) is 0 Å². The van der Waals surface area contributed by atoms with Crippen LogP contribution in [0.1, 0.15) is 66.2 Å². The zero-order chi connectivity index (χ0) is 17.5. The topological polar surface area (TPSA) is 61.8 Å². The molecule has 0 aromatic heterocycles. The molecule has 0 unspecified atom stereocenters. The van der Waals surface area contributed by atoms with Crippen molar-refractivity contribution in [2.24, 2.45) is 5.92 Å². The van der Waals surface area contributed by atoms with Crippen LogP contribution < -0.4 is 0 Å². The first-order valence-electron chi connectivity index (χ1n) is 8.50. The summed E-state index contributed by atoms with van der Waals surface area (Å²) in [5.41, 5.74) is 0. The van der Waals surface area contributed by atoms with Gasteiger partial charge in [0.05, 0.1) is 12.2 Å². The molecule has 1 aliphatic rings. The molecule has 5 nitrogen and oxygen atoms in total. The molecule has 0 amide bonds. The molecule has 0 radical (unpaired) electrons. The standard InChI is InChI=1S/C16H30ClO5P/c1-12(2)21-23(19,22-13(3)4)16(20-15(18)11-17)14-9-7-5-6-8-10-14/h12-14,16H,5-11H2,1-4H3/t16-/m1/s1. The first-order chi connectivity index (χ1) is 10.8. The third-order valence-corrected chi connectivity index (χ3v) is 6.49. The van der Waals surface area contributed by atoms with Crippen LogP contribution in [0.2, 0.25) is 0 Å². The van der Waals surface area contributed by atoms with E-state index in [9.17, 15) is 9.36 Å². The Kier molecular flexibility index (Phi) is 9.13. The van der Waals surface area contributed by atoms with Gasteiger partial charge in [0.15, 0.2) is 0 Å². The lowest BCUT2D eigenvalue weighted by atomic mass is 10.0. The number of esters is 1. The molecule has 0 aromatic rings. The molecule has 1 aliphatic carbocycles. The van der Waals surface area contributed by atoms with Crippen LogP contribution in [0.5, 0.6) is 0 Å². The Hall–Kier alpha value is -0.0900. The molecule has 1 saturated carbocycles. The summed E-state index contributed by atoms with van der Waals surface area (Å²) in [6.45, 7) is 7.18. The third-order valence-electron chi connectivity index (χ3n) is 3.69. The predicted molar refractivity (Wildman–Crippen MR) is 91.8 cm³/mol. The maximum absolute atomic E-state index is 13.4. The van der Waals surface area contributed by atoms with Gasteiger partial charge in [-0.1, -0.05) is 25.7 Å². The maximum atomic E-state index is 13.4. The maximum Gasteiger partial charge on any atom is 0.371 e. The Balaban J connectivity index is 3.08. The summed E-state index contributed by atoms with van der Waals surface area (Å²) >= 11 is 5.58. The lowest BCUT2D eigenvalue weighted by molar-refractivity contribution is -0.145. The van der Waals surface area contributed by atoms with Crippen LogP contribution >= 0.6 is 19.2 Å². The highest BCUT2D eigenvalue weighted by Crippen LogP contribution is 2.59. The average Bonchev–Trinajstić information content (AvgIpc) is 2.71. The Labute approximate surface area is 144 Å². The van der Waals surface area contributed by atoms with Crippen LogP contribution in [0, 0.1) is 5.92 Å². The Morgan fingerprint density at radius 2 is 1.52 bits per heavy atom. The lowest BCUT2D eigenvalue weighted by Gasteiger charge is -2.33. The van der Waals surface area contributed by atoms with Crippen LogP contribution in [-0.2, 0) is 23.1 Å². The fourth-order valence-corrected chi connectivity index (χ4v) is 5.50. The minimum Gasteiger partial charge on any atom is -0.448 e. The van der Waals surface area contributed by atoms with Gasteiger partial charge in [-0.05, 0) is 40.5 Å². The molecular formula is C16H30ClO5P. The number of alkyl halides is 1. The van der Waals surface area contributed by atoms with Crippen molar-refractivity contribution in [3.63, 3.8) is 0 Å². The van der Waals surface area contributed by atoms with Gasteiger partial charge in [0, 0.05) is 5.92 Å². The van der Waals surface area contributed by atoms with Gasteiger partial charge in [-0.3, -0.25) is 9.36 Å². The van der Waals surface area contributed by atoms with Gasteiger partial charge < -0.3 is 13.8 Å². The lowest BCUT2D eigenvalue weighted by Crippen LogP contribution is -2.31. The second kappa shape index (κ2) is 10.0. The molecule has 7 heteroatoms. The van der Waals surface area contributed by atoms with Gasteiger partial charge in [-0.25, -0.2) is 0 Å². The van der Waals surface area contributed by atoms with E-state index in [-0.39, 0.29) is 24.0 Å². The molecule has 1 fully saturated rings. The minimum atomic E-state index is -3.60. The second-order valence-corrected chi connectivity index (χ2v) is 8.89. The Bertz CT molecular complexity index is 391. The molecule has 0 N–H and O–H groups in total. The SMILES string of the molecule is CC(C)OP(=O)(OC(C)C)[C@@H](OC(=O)CCl)C1CCCCCC1. The second-order valence-electron chi connectivity index (χ2n) is 6.61. The first kappa shape index (κ1) is 21.0. The normalized spacial score (nSPS) is 18.9. The van der Waals surface area contributed by atoms with Crippen molar-refractivity contribution in [2.75, 3.05) is 5.88 Å². The van der Waals surface area contributed by atoms with Gasteiger partial charge in [0.25, 0.3) is 0 Å². The summed E-state index contributed by atoms with van der Waals surface area (Å²) in [7, 11) is -3.60. The van der Waals surface area contributed by atoms with E-state index in [1.54, 1.807) is 27.7 Å². The van der Waals surface area contributed by atoms with Crippen molar-refractivity contribution < 1.29 is 23.1 Å². The molecular weight excluding hydrogens is 339 g/mol. The van der Waals surface area contributed by atoms with Crippen LogP contribution in [0.4, 0.5) is 0 Å². The van der Waals surface area contributed by atoms with E-state index >= 15 is 0 Å². The molecule has 0 heterocycles. The summed E-state index contributed by atoms with van der Waals surface area (Å²) in [4.78, 5) is 11.8. The van der Waals surface area contributed by atoms with Crippen molar-refractivity contribution in [1.29, 1.82) is 0 Å². The van der Waals surface area contributed by atoms with E-state index in [0.717, 1.165) is 38.5 Å². The summed E-state index contributed by atoms with van der Waals surface area (Å²) in [6, 6.07) is 0. The summed E-state index contributed by atoms with van der Waals surface area (Å²) in [5, 5.41) is 0. The zero-order valence-electron chi connectivity index (χ0n) is 14.6. The van der Waals surface area contributed by atoms with Crippen molar-refractivity contribution in [3.8, 4) is 0 Å². The number of halogens is 1. The van der Waals surface area contributed by atoms with Crippen molar-refractivity contribution in [1.82, 2.24) is 0 Å². The Morgan fingerprint density at radius 1 is 1.04 bits per heavy atom. The highest BCUT2D eigenvalue weighted by atomic mass is 35.5. The quantitative estimate of drug-likeness (QED) is 0.258. The third kappa shape index (κ3) is 7.13. The molecule has 0 bridgehead atoms. The van der Waals surface area contributed by atoms with Crippen molar-refractivity contribution in [3.05, 3.63) is 0 Å². The molecule has 1 rings (SSSR count). The molecule has 0 saturated heterocycles. The van der Waals surface area contributed by atoms with E-state index in [1.807, 2.05) is 0 Å². The van der Waals surface area contributed by atoms with Gasteiger partial charge in [0.1, 0.15) is 5.88 Å². The number of carbonyl (C=O) groups is 1. The van der Waals surface area contributed by atoms with Crippen molar-refractivity contribution >= 4 is 25.2 Å². The highest BCUT2D eigenvalue weighted by Gasteiger charge is 2.45. The van der Waals surface area contributed by atoms with Gasteiger partial charge in [-0.15, -0.1) is 11.6 Å². The number of hydrogen-bond acceptors (Lipinski definition) is 5. The average molecular weight is 369 g/mol. The largest absolute Gasteiger partial charge is 0.448 e.